The van der Waals surface area contributed by atoms with Crippen LogP contribution in [0.4, 0.5) is 0 Å². The molecule has 2 heteroatoms. The Morgan fingerprint density at radius 3 is 2.93 bits per heavy atom. The molecule has 0 radical (unpaired) electrons. The summed E-state index contributed by atoms with van der Waals surface area (Å²) in [6.45, 7) is 4.14. The number of nitrogens with one attached hydrogen (secondary N) is 1. The molecule has 0 amide bonds. The lowest BCUT2D eigenvalue weighted by Gasteiger charge is -2.02. The van der Waals surface area contributed by atoms with Gasteiger partial charge in [0.1, 0.15) is 0 Å². The first-order valence-corrected chi connectivity index (χ1v) is 4.99. The highest BCUT2D eigenvalue weighted by Crippen LogP contribution is 2.20. The van der Waals surface area contributed by atoms with E-state index in [1.165, 1.54) is 22.0 Å². The number of aryl methyl sites for hydroxylation is 1. The second-order valence-corrected chi connectivity index (χ2v) is 4.04. The highest BCUT2D eigenvalue weighted by Gasteiger charge is 2.05. The summed E-state index contributed by atoms with van der Waals surface area (Å²) in [7, 11) is 0. The van der Waals surface area contributed by atoms with Crippen LogP contribution in [0.5, 0.6) is 0 Å². The van der Waals surface area contributed by atoms with Gasteiger partial charge in [0.15, 0.2) is 0 Å². The molecule has 2 nitrogen and oxygen atoms in total. The minimum Gasteiger partial charge on any atom is -0.361 e. The molecule has 1 aromatic carbocycles. The van der Waals surface area contributed by atoms with Crippen molar-refractivity contribution in [3.8, 4) is 0 Å². The number of benzene rings is 1. The van der Waals surface area contributed by atoms with E-state index in [-0.39, 0.29) is 6.04 Å². The van der Waals surface area contributed by atoms with Crippen LogP contribution in [0.3, 0.4) is 0 Å². The van der Waals surface area contributed by atoms with Crippen molar-refractivity contribution in [1.29, 1.82) is 0 Å². The fraction of sp³-hybridized carbons (Fsp3) is 0.333. The molecule has 3 N–H and O–H groups in total. The Kier molecular flexibility index (Phi) is 2.30. The standard InChI is InChI=1S/C12H16N2/c1-8-3-4-11-10(6-9(2)13)7-14-12(11)5-8/h3-5,7,9,14H,6,13H2,1-2H3/t9-/m1/s1. The fourth-order valence-corrected chi connectivity index (χ4v) is 1.82. The second-order valence-electron chi connectivity index (χ2n) is 4.04. The van der Waals surface area contributed by atoms with Crippen LogP contribution in [0, 0.1) is 6.92 Å². The van der Waals surface area contributed by atoms with Gasteiger partial charge in [0.2, 0.25) is 0 Å². The van der Waals surface area contributed by atoms with E-state index in [2.05, 4.69) is 36.3 Å². The molecule has 0 saturated heterocycles. The van der Waals surface area contributed by atoms with Crippen molar-refractivity contribution in [1.82, 2.24) is 4.98 Å². The Balaban J connectivity index is 2.47. The molecule has 1 atom stereocenters. The average Bonchev–Trinajstić information content (AvgIpc) is 2.47. The van der Waals surface area contributed by atoms with E-state index in [1.54, 1.807) is 0 Å². The van der Waals surface area contributed by atoms with E-state index in [4.69, 9.17) is 5.73 Å². The Morgan fingerprint density at radius 2 is 2.21 bits per heavy atom. The van der Waals surface area contributed by atoms with Crippen molar-refractivity contribution in [3.05, 3.63) is 35.5 Å². The number of nitrogens with two attached hydrogens (primary N) is 1. The summed E-state index contributed by atoms with van der Waals surface area (Å²) in [5.74, 6) is 0. The normalized spacial score (nSPS) is 13.4. The zero-order valence-corrected chi connectivity index (χ0v) is 8.67. The van der Waals surface area contributed by atoms with Crippen LogP contribution in [0.2, 0.25) is 0 Å². The van der Waals surface area contributed by atoms with Gasteiger partial charge in [-0.15, -0.1) is 0 Å². The minimum absolute atomic E-state index is 0.218. The lowest BCUT2D eigenvalue weighted by atomic mass is 10.1. The summed E-state index contributed by atoms with van der Waals surface area (Å²) >= 11 is 0. The summed E-state index contributed by atoms with van der Waals surface area (Å²) in [4.78, 5) is 3.28. The fourth-order valence-electron chi connectivity index (χ4n) is 1.82. The largest absolute Gasteiger partial charge is 0.361 e. The Morgan fingerprint density at radius 1 is 1.43 bits per heavy atom. The van der Waals surface area contributed by atoms with E-state index < -0.39 is 0 Å². The number of hydrogen-bond donors (Lipinski definition) is 2. The lowest BCUT2D eigenvalue weighted by Crippen LogP contribution is -2.17. The number of aromatic amines is 1. The molecule has 1 heterocycles. The van der Waals surface area contributed by atoms with E-state index in [0.717, 1.165) is 6.42 Å². The number of hydrogen-bond acceptors (Lipinski definition) is 1. The van der Waals surface area contributed by atoms with Gasteiger partial charge < -0.3 is 10.7 Å². The molecule has 0 spiro atoms. The topological polar surface area (TPSA) is 41.8 Å². The molecule has 0 aliphatic heterocycles. The molecule has 0 aliphatic carbocycles. The maximum atomic E-state index is 5.79. The van der Waals surface area contributed by atoms with Gasteiger partial charge in [-0.25, -0.2) is 0 Å². The monoisotopic (exact) mass is 188 g/mol. The van der Waals surface area contributed by atoms with Crippen molar-refractivity contribution < 1.29 is 0 Å². The SMILES string of the molecule is Cc1ccc2c(C[C@@H](C)N)c[nH]c2c1. The third-order valence-electron chi connectivity index (χ3n) is 2.46. The van der Waals surface area contributed by atoms with Crippen LogP contribution in [0.1, 0.15) is 18.1 Å². The van der Waals surface area contributed by atoms with Gasteiger partial charge in [-0.3, -0.25) is 0 Å². The second kappa shape index (κ2) is 3.46. The van der Waals surface area contributed by atoms with Gasteiger partial charge >= 0.3 is 0 Å². The molecule has 2 rings (SSSR count). The highest BCUT2D eigenvalue weighted by atomic mass is 14.7. The molecular weight excluding hydrogens is 172 g/mol. The minimum atomic E-state index is 0.218. The first kappa shape index (κ1) is 9.28. The van der Waals surface area contributed by atoms with E-state index >= 15 is 0 Å². The molecule has 1 aromatic heterocycles. The van der Waals surface area contributed by atoms with Gasteiger partial charge in [-0.05, 0) is 37.5 Å². The van der Waals surface area contributed by atoms with Gasteiger partial charge in [0, 0.05) is 23.1 Å². The number of fused-ring (bicyclic) bond motifs is 1. The Labute approximate surface area is 84.1 Å². The van der Waals surface area contributed by atoms with Gasteiger partial charge in [-0.2, -0.15) is 0 Å². The summed E-state index contributed by atoms with van der Waals surface area (Å²) in [5.41, 5.74) is 9.60. The van der Waals surface area contributed by atoms with Crippen molar-refractivity contribution in [3.63, 3.8) is 0 Å². The predicted molar refractivity (Wildman–Crippen MR) is 60.4 cm³/mol. The average molecular weight is 188 g/mol. The number of aromatic nitrogens is 1. The number of rotatable bonds is 2. The lowest BCUT2D eigenvalue weighted by molar-refractivity contribution is 0.741. The van der Waals surface area contributed by atoms with Gasteiger partial charge in [-0.1, -0.05) is 12.1 Å². The predicted octanol–water partition coefficient (Wildman–Crippen LogP) is 2.37. The Hall–Kier alpha value is -1.28. The van der Waals surface area contributed by atoms with E-state index in [0.29, 0.717) is 0 Å². The molecule has 0 fully saturated rings. The molecule has 74 valence electrons. The summed E-state index contributed by atoms with van der Waals surface area (Å²) in [5, 5.41) is 1.30. The smallest absolute Gasteiger partial charge is 0.0459 e. The van der Waals surface area contributed by atoms with Crippen LogP contribution < -0.4 is 5.73 Å². The first-order chi connectivity index (χ1) is 6.66. The van der Waals surface area contributed by atoms with Crippen molar-refractivity contribution in [2.24, 2.45) is 5.73 Å². The molecule has 0 bridgehead atoms. The van der Waals surface area contributed by atoms with E-state index in [9.17, 15) is 0 Å². The Bertz CT molecular complexity index is 441. The molecule has 2 aromatic rings. The molecule has 0 aliphatic rings. The highest BCUT2D eigenvalue weighted by molar-refractivity contribution is 5.83. The molecule has 0 saturated carbocycles. The van der Waals surface area contributed by atoms with Crippen LogP contribution in [-0.2, 0) is 6.42 Å². The molecular formula is C12H16N2. The summed E-state index contributed by atoms with van der Waals surface area (Å²) in [6, 6.07) is 6.69. The van der Waals surface area contributed by atoms with E-state index in [1.807, 2.05) is 6.92 Å². The van der Waals surface area contributed by atoms with Gasteiger partial charge in [0.05, 0.1) is 0 Å². The van der Waals surface area contributed by atoms with Crippen LogP contribution in [-0.4, -0.2) is 11.0 Å². The summed E-state index contributed by atoms with van der Waals surface area (Å²) in [6.07, 6.45) is 3.00. The number of H-pyrrole nitrogens is 1. The summed E-state index contributed by atoms with van der Waals surface area (Å²) < 4.78 is 0. The maximum Gasteiger partial charge on any atom is 0.0459 e. The third kappa shape index (κ3) is 1.66. The third-order valence-corrected chi connectivity index (χ3v) is 2.46. The zero-order chi connectivity index (χ0) is 10.1. The van der Waals surface area contributed by atoms with Crippen LogP contribution in [0.25, 0.3) is 10.9 Å². The van der Waals surface area contributed by atoms with Crippen LogP contribution >= 0.6 is 0 Å². The van der Waals surface area contributed by atoms with Gasteiger partial charge in [0.25, 0.3) is 0 Å². The van der Waals surface area contributed by atoms with Crippen molar-refractivity contribution >= 4 is 10.9 Å². The molecule has 0 unspecified atom stereocenters. The first-order valence-electron chi connectivity index (χ1n) is 4.99. The zero-order valence-electron chi connectivity index (χ0n) is 8.67. The quantitative estimate of drug-likeness (QED) is 0.746. The maximum absolute atomic E-state index is 5.79. The molecule has 14 heavy (non-hydrogen) atoms. The van der Waals surface area contributed by atoms with Crippen LogP contribution in [0.15, 0.2) is 24.4 Å². The van der Waals surface area contributed by atoms with Crippen molar-refractivity contribution in [2.75, 3.05) is 0 Å². The van der Waals surface area contributed by atoms with Crippen molar-refractivity contribution in [2.45, 2.75) is 26.3 Å².